The molecule has 17 heavy (non-hydrogen) atoms. The Labute approximate surface area is 103 Å². The van der Waals surface area contributed by atoms with E-state index in [1.807, 2.05) is 0 Å². The van der Waals surface area contributed by atoms with Gasteiger partial charge in [0.2, 0.25) is 0 Å². The number of rotatable bonds is 2. The SMILES string of the molecule is CO[C@@H]1CCC2CC3(CCC2[C@]1(C)CO)CO3. The Morgan fingerprint density at radius 1 is 1.35 bits per heavy atom. The topological polar surface area (TPSA) is 42.0 Å². The van der Waals surface area contributed by atoms with Gasteiger partial charge in [-0.3, -0.25) is 0 Å². The normalized spacial score (nSPS) is 53.5. The molecule has 3 heteroatoms. The zero-order valence-electron chi connectivity index (χ0n) is 10.9. The van der Waals surface area contributed by atoms with E-state index in [2.05, 4.69) is 6.92 Å². The van der Waals surface area contributed by atoms with E-state index in [0.29, 0.717) is 5.92 Å². The highest BCUT2D eigenvalue weighted by Crippen LogP contribution is 2.56. The van der Waals surface area contributed by atoms with Crippen molar-refractivity contribution < 1.29 is 14.6 Å². The van der Waals surface area contributed by atoms with Crippen LogP contribution in [0.3, 0.4) is 0 Å². The molecular weight excluding hydrogens is 216 g/mol. The molecule has 0 amide bonds. The lowest BCUT2D eigenvalue weighted by molar-refractivity contribution is -0.130. The van der Waals surface area contributed by atoms with Crippen LogP contribution in [0.5, 0.6) is 0 Å². The van der Waals surface area contributed by atoms with Gasteiger partial charge in [-0.2, -0.15) is 0 Å². The maximum absolute atomic E-state index is 9.83. The van der Waals surface area contributed by atoms with Crippen LogP contribution in [0, 0.1) is 17.3 Å². The van der Waals surface area contributed by atoms with E-state index in [4.69, 9.17) is 9.47 Å². The number of methoxy groups -OCH3 is 1. The van der Waals surface area contributed by atoms with Crippen LogP contribution in [-0.4, -0.2) is 37.1 Å². The van der Waals surface area contributed by atoms with E-state index in [1.165, 1.54) is 25.7 Å². The maximum Gasteiger partial charge on any atom is 0.0919 e. The predicted molar refractivity (Wildman–Crippen MR) is 64.7 cm³/mol. The van der Waals surface area contributed by atoms with Gasteiger partial charge in [-0.25, -0.2) is 0 Å². The molecule has 3 fully saturated rings. The molecule has 0 aromatic carbocycles. The standard InChI is InChI=1S/C14H24O3/c1-13(8-15)11-5-6-14(9-17-14)7-10(11)3-4-12(13)16-2/h10-12,15H,3-9H2,1-2H3/t10?,11?,12-,13+,14?/m1/s1. The van der Waals surface area contributed by atoms with Gasteiger partial charge in [0.25, 0.3) is 0 Å². The number of aliphatic hydroxyl groups excluding tert-OH is 1. The minimum atomic E-state index is -0.0475. The van der Waals surface area contributed by atoms with Crippen molar-refractivity contribution in [2.45, 2.75) is 50.7 Å². The number of epoxide rings is 1. The van der Waals surface area contributed by atoms with Crippen LogP contribution in [0.15, 0.2) is 0 Å². The Bertz CT molecular complexity index is 300. The summed E-state index contributed by atoms with van der Waals surface area (Å²) in [6.07, 6.45) is 6.14. The van der Waals surface area contributed by atoms with Gasteiger partial charge < -0.3 is 14.6 Å². The molecule has 0 radical (unpaired) electrons. The molecular formula is C14H24O3. The molecule has 2 saturated carbocycles. The molecule has 1 N–H and O–H groups in total. The van der Waals surface area contributed by atoms with Crippen LogP contribution < -0.4 is 0 Å². The van der Waals surface area contributed by atoms with Crippen molar-refractivity contribution >= 4 is 0 Å². The van der Waals surface area contributed by atoms with E-state index in [0.717, 1.165) is 18.9 Å². The van der Waals surface area contributed by atoms with Gasteiger partial charge in [0, 0.05) is 12.5 Å². The number of fused-ring (bicyclic) bond motifs is 1. The fourth-order valence-corrected chi connectivity index (χ4v) is 4.45. The second-order valence-corrected chi connectivity index (χ2v) is 6.55. The van der Waals surface area contributed by atoms with Crippen LogP contribution in [0.25, 0.3) is 0 Å². The molecule has 0 bridgehead atoms. The van der Waals surface area contributed by atoms with Crippen molar-refractivity contribution in [3.8, 4) is 0 Å². The number of aliphatic hydroxyl groups is 1. The molecule has 3 nitrogen and oxygen atoms in total. The van der Waals surface area contributed by atoms with E-state index in [9.17, 15) is 5.11 Å². The zero-order valence-corrected chi connectivity index (χ0v) is 10.9. The van der Waals surface area contributed by atoms with Crippen molar-refractivity contribution in [1.82, 2.24) is 0 Å². The van der Waals surface area contributed by atoms with E-state index >= 15 is 0 Å². The summed E-state index contributed by atoms with van der Waals surface area (Å²) in [6.45, 7) is 3.43. The third kappa shape index (κ3) is 1.74. The molecule has 0 aromatic rings. The van der Waals surface area contributed by atoms with Crippen LogP contribution >= 0.6 is 0 Å². The second kappa shape index (κ2) is 3.94. The highest BCUT2D eigenvalue weighted by Gasteiger charge is 2.57. The second-order valence-electron chi connectivity index (χ2n) is 6.55. The van der Waals surface area contributed by atoms with Gasteiger partial charge in [-0.1, -0.05) is 6.92 Å². The fourth-order valence-electron chi connectivity index (χ4n) is 4.45. The molecule has 2 aliphatic carbocycles. The molecule has 1 heterocycles. The molecule has 3 aliphatic rings. The summed E-state index contributed by atoms with van der Waals surface area (Å²) < 4.78 is 11.3. The van der Waals surface area contributed by atoms with E-state index < -0.39 is 0 Å². The average molecular weight is 240 g/mol. The lowest BCUT2D eigenvalue weighted by atomic mass is 9.55. The van der Waals surface area contributed by atoms with Crippen molar-refractivity contribution in [1.29, 1.82) is 0 Å². The third-order valence-corrected chi connectivity index (χ3v) is 5.67. The summed E-state index contributed by atoms with van der Waals surface area (Å²) in [5.74, 6) is 1.34. The molecule has 3 rings (SSSR count). The van der Waals surface area contributed by atoms with Crippen molar-refractivity contribution in [2.75, 3.05) is 20.3 Å². The summed E-state index contributed by atoms with van der Waals surface area (Å²) in [7, 11) is 1.78. The van der Waals surface area contributed by atoms with Gasteiger partial charge in [-0.15, -0.1) is 0 Å². The number of hydrogen-bond donors (Lipinski definition) is 1. The Balaban J connectivity index is 1.80. The highest BCUT2D eigenvalue weighted by molar-refractivity contribution is 5.06. The summed E-state index contributed by atoms with van der Waals surface area (Å²) in [6, 6.07) is 0. The van der Waals surface area contributed by atoms with Gasteiger partial charge >= 0.3 is 0 Å². The zero-order chi connectivity index (χ0) is 12.1. The molecule has 1 aliphatic heterocycles. The minimum absolute atomic E-state index is 0.0475. The van der Waals surface area contributed by atoms with Crippen molar-refractivity contribution in [3.05, 3.63) is 0 Å². The summed E-state index contributed by atoms with van der Waals surface area (Å²) in [5.41, 5.74) is 0.200. The molecule has 3 unspecified atom stereocenters. The molecule has 1 saturated heterocycles. The average Bonchev–Trinajstić information content (AvgIpc) is 3.08. The van der Waals surface area contributed by atoms with Gasteiger partial charge in [0.05, 0.1) is 24.9 Å². The summed E-state index contributed by atoms with van der Waals surface area (Å²) in [5, 5.41) is 9.83. The van der Waals surface area contributed by atoms with Gasteiger partial charge in [-0.05, 0) is 43.9 Å². The lowest BCUT2D eigenvalue weighted by Crippen LogP contribution is -2.52. The quantitative estimate of drug-likeness (QED) is 0.750. The summed E-state index contributed by atoms with van der Waals surface area (Å²) >= 11 is 0. The first-order valence-corrected chi connectivity index (χ1v) is 6.91. The maximum atomic E-state index is 9.83. The Morgan fingerprint density at radius 2 is 2.12 bits per heavy atom. The minimum Gasteiger partial charge on any atom is -0.396 e. The smallest absolute Gasteiger partial charge is 0.0919 e. The van der Waals surface area contributed by atoms with Crippen molar-refractivity contribution in [2.24, 2.45) is 17.3 Å². The lowest BCUT2D eigenvalue weighted by Gasteiger charge is -2.52. The van der Waals surface area contributed by atoms with Crippen LogP contribution in [0.4, 0.5) is 0 Å². The number of ether oxygens (including phenoxy) is 2. The Morgan fingerprint density at radius 3 is 2.71 bits per heavy atom. The van der Waals surface area contributed by atoms with Crippen LogP contribution in [0.2, 0.25) is 0 Å². The van der Waals surface area contributed by atoms with Gasteiger partial charge in [0.15, 0.2) is 0 Å². The molecule has 5 atom stereocenters. The third-order valence-electron chi connectivity index (χ3n) is 5.67. The first kappa shape index (κ1) is 11.9. The monoisotopic (exact) mass is 240 g/mol. The summed E-state index contributed by atoms with van der Waals surface area (Å²) in [4.78, 5) is 0. The molecule has 0 aromatic heterocycles. The van der Waals surface area contributed by atoms with Gasteiger partial charge in [0.1, 0.15) is 0 Å². The van der Waals surface area contributed by atoms with Crippen LogP contribution in [-0.2, 0) is 9.47 Å². The molecule has 98 valence electrons. The van der Waals surface area contributed by atoms with Crippen LogP contribution in [0.1, 0.15) is 39.0 Å². The number of hydrogen-bond acceptors (Lipinski definition) is 3. The highest BCUT2D eigenvalue weighted by atomic mass is 16.6. The predicted octanol–water partition coefficient (Wildman–Crippen LogP) is 1.98. The van der Waals surface area contributed by atoms with E-state index in [-0.39, 0.29) is 23.7 Å². The fraction of sp³-hybridized carbons (Fsp3) is 1.00. The van der Waals surface area contributed by atoms with Crippen molar-refractivity contribution in [3.63, 3.8) is 0 Å². The first-order valence-electron chi connectivity index (χ1n) is 6.91. The Kier molecular flexibility index (Phi) is 2.77. The first-order chi connectivity index (χ1) is 8.13. The van der Waals surface area contributed by atoms with E-state index in [1.54, 1.807) is 7.11 Å². The Hall–Kier alpha value is -0.120. The largest absolute Gasteiger partial charge is 0.396 e. The molecule has 1 spiro atoms.